The Morgan fingerprint density at radius 1 is 0.967 bits per heavy atom. The van der Waals surface area contributed by atoms with Crippen LogP contribution in [0.2, 0.25) is 0 Å². The van der Waals surface area contributed by atoms with Crippen LogP contribution in [0.25, 0.3) is 0 Å². The maximum atomic E-state index is 13.0. The second kappa shape index (κ2) is 8.98. The van der Waals surface area contributed by atoms with Gasteiger partial charge in [-0.3, -0.25) is 0 Å². The van der Waals surface area contributed by atoms with E-state index in [0.717, 1.165) is 48.0 Å². The molecule has 5 rings (SSSR count). The maximum Gasteiger partial charge on any atom is 0.148 e. The Labute approximate surface area is 178 Å². The summed E-state index contributed by atoms with van der Waals surface area (Å²) in [7, 11) is 0. The SMILES string of the molecule is Fc1ccc(Cc2ccc(N[C@H]3C[C@@H]4CN(CC5CCOCC5)C[C@@H]4C3)nn2)cc1. The summed E-state index contributed by atoms with van der Waals surface area (Å²) < 4.78 is 18.5. The van der Waals surface area contributed by atoms with E-state index in [9.17, 15) is 4.39 Å². The third-order valence-corrected chi connectivity index (χ3v) is 7.05. The van der Waals surface area contributed by atoms with Gasteiger partial charge in [-0.05, 0) is 73.3 Å². The Bertz CT molecular complexity index is 808. The number of fused-ring (bicyclic) bond motifs is 1. The molecule has 1 aliphatic carbocycles. The van der Waals surface area contributed by atoms with E-state index in [0.29, 0.717) is 12.5 Å². The topological polar surface area (TPSA) is 50.3 Å². The predicted molar refractivity (Wildman–Crippen MR) is 115 cm³/mol. The van der Waals surface area contributed by atoms with Crippen molar-refractivity contribution in [2.45, 2.75) is 38.1 Å². The van der Waals surface area contributed by atoms with Gasteiger partial charge in [0.2, 0.25) is 0 Å². The van der Waals surface area contributed by atoms with Crippen LogP contribution >= 0.6 is 0 Å². The molecule has 3 aliphatic rings. The Morgan fingerprint density at radius 2 is 1.70 bits per heavy atom. The first-order valence-corrected chi connectivity index (χ1v) is 11.3. The summed E-state index contributed by atoms with van der Waals surface area (Å²) in [5.74, 6) is 3.11. The van der Waals surface area contributed by atoms with Gasteiger partial charge in [-0.25, -0.2) is 4.39 Å². The van der Waals surface area contributed by atoms with E-state index in [1.807, 2.05) is 12.1 Å². The number of aromatic nitrogens is 2. The molecule has 6 heteroatoms. The molecule has 2 aliphatic heterocycles. The molecule has 3 heterocycles. The molecule has 1 aromatic heterocycles. The predicted octanol–water partition coefficient (Wildman–Crippen LogP) is 3.76. The highest BCUT2D eigenvalue weighted by Gasteiger charge is 2.41. The molecule has 0 unspecified atom stereocenters. The number of anilines is 1. The number of ether oxygens (including phenoxy) is 1. The van der Waals surface area contributed by atoms with Gasteiger partial charge in [-0.1, -0.05) is 12.1 Å². The highest BCUT2D eigenvalue weighted by Crippen LogP contribution is 2.39. The van der Waals surface area contributed by atoms with Gasteiger partial charge >= 0.3 is 0 Å². The van der Waals surface area contributed by atoms with Crippen LogP contribution in [0.15, 0.2) is 36.4 Å². The van der Waals surface area contributed by atoms with Crippen molar-refractivity contribution >= 4 is 5.82 Å². The second-order valence-electron chi connectivity index (χ2n) is 9.32. The van der Waals surface area contributed by atoms with Gasteiger partial charge in [0, 0.05) is 45.3 Å². The molecular formula is C24H31FN4O. The molecule has 3 atom stereocenters. The van der Waals surface area contributed by atoms with Crippen LogP contribution in [0.5, 0.6) is 0 Å². The van der Waals surface area contributed by atoms with Crippen molar-refractivity contribution in [3.05, 3.63) is 53.5 Å². The number of benzene rings is 1. The van der Waals surface area contributed by atoms with Crippen molar-refractivity contribution in [3.8, 4) is 0 Å². The van der Waals surface area contributed by atoms with Crippen molar-refractivity contribution in [3.63, 3.8) is 0 Å². The van der Waals surface area contributed by atoms with E-state index >= 15 is 0 Å². The van der Waals surface area contributed by atoms with Crippen molar-refractivity contribution in [2.24, 2.45) is 17.8 Å². The molecule has 2 saturated heterocycles. The maximum absolute atomic E-state index is 13.0. The van der Waals surface area contributed by atoms with Crippen LogP contribution < -0.4 is 5.32 Å². The number of nitrogens with zero attached hydrogens (tertiary/aromatic N) is 3. The fraction of sp³-hybridized carbons (Fsp3) is 0.583. The number of hydrogen-bond acceptors (Lipinski definition) is 5. The average molecular weight is 411 g/mol. The number of rotatable bonds is 6. The zero-order chi connectivity index (χ0) is 20.3. The van der Waals surface area contributed by atoms with E-state index in [-0.39, 0.29) is 5.82 Å². The molecule has 5 nitrogen and oxygen atoms in total. The zero-order valence-electron chi connectivity index (χ0n) is 17.5. The summed E-state index contributed by atoms with van der Waals surface area (Å²) in [4.78, 5) is 2.70. The summed E-state index contributed by atoms with van der Waals surface area (Å²) in [6.07, 6.45) is 5.59. The Kier molecular flexibility index (Phi) is 5.95. The third kappa shape index (κ3) is 4.81. The molecule has 1 saturated carbocycles. The second-order valence-corrected chi connectivity index (χ2v) is 9.32. The molecule has 0 bridgehead atoms. The molecule has 30 heavy (non-hydrogen) atoms. The zero-order valence-corrected chi connectivity index (χ0v) is 17.5. The van der Waals surface area contributed by atoms with E-state index < -0.39 is 0 Å². The van der Waals surface area contributed by atoms with Crippen molar-refractivity contribution < 1.29 is 9.13 Å². The van der Waals surface area contributed by atoms with Gasteiger partial charge < -0.3 is 15.0 Å². The van der Waals surface area contributed by atoms with Crippen molar-refractivity contribution in [1.29, 1.82) is 0 Å². The number of hydrogen-bond donors (Lipinski definition) is 1. The fourth-order valence-electron chi connectivity index (χ4n) is 5.51. The number of nitrogens with one attached hydrogen (secondary N) is 1. The normalized spacial score (nSPS) is 27.3. The quantitative estimate of drug-likeness (QED) is 0.786. The molecule has 0 radical (unpaired) electrons. The number of halogens is 1. The summed E-state index contributed by atoms with van der Waals surface area (Å²) >= 11 is 0. The lowest BCUT2D eigenvalue weighted by Crippen LogP contribution is -2.32. The molecule has 1 N–H and O–H groups in total. The van der Waals surface area contributed by atoms with E-state index in [1.165, 1.54) is 57.5 Å². The van der Waals surface area contributed by atoms with Crippen molar-refractivity contribution in [1.82, 2.24) is 15.1 Å². The van der Waals surface area contributed by atoms with Gasteiger partial charge in [0.05, 0.1) is 5.69 Å². The Hall–Kier alpha value is -2.05. The lowest BCUT2D eigenvalue weighted by Gasteiger charge is -2.27. The Balaban J connectivity index is 1.09. The summed E-state index contributed by atoms with van der Waals surface area (Å²) in [6, 6.07) is 11.1. The summed E-state index contributed by atoms with van der Waals surface area (Å²) in [5.41, 5.74) is 1.94. The minimum atomic E-state index is -0.211. The minimum Gasteiger partial charge on any atom is -0.381 e. The van der Waals surface area contributed by atoms with Crippen LogP contribution in [0.1, 0.15) is 36.9 Å². The fourth-order valence-corrected chi connectivity index (χ4v) is 5.51. The van der Waals surface area contributed by atoms with Crippen LogP contribution in [-0.2, 0) is 11.2 Å². The highest BCUT2D eigenvalue weighted by atomic mass is 19.1. The smallest absolute Gasteiger partial charge is 0.148 e. The first kappa shape index (κ1) is 19.9. The van der Waals surface area contributed by atoms with Crippen LogP contribution in [-0.4, -0.2) is 54.0 Å². The average Bonchev–Trinajstić information content (AvgIpc) is 3.30. The standard InChI is InChI=1S/C24H31FN4O/c25-21-3-1-17(2-4-21)11-22-5-6-24(28-27-22)26-23-12-19-15-29(16-20(19)13-23)14-18-7-9-30-10-8-18/h1-6,18-20,23H,7-16H2,(H,26,28)/t19-,20+,23+. The van der Waals surface area contributed by atoms with E-state index in [4.69, 9.17) is 4.74 Å². The monoisotopic (exact) mass is 410 g/mol. The van der Waals surface area contributed by atoms with Crippen LogP contribution in [0, 0.1) is 23.6 Å². The van der Waals surface area contributed by atoms with Gasteiger partial charge in [-0.15, -0.1) is 5.10 Å². The van der Waals surface area contributed by atoms with E-state index in [1.54, 1.807) is 12.1 Å². The van der Waals surface area contributed by atoms with Crippen LogP contribution in [0.3, 0.4) is 0 Å². The largest absolute Gasteiger partial charge is 0.381 e. The molecular weight excluding hydrogens is 379 g/mol. The molecule has 0 spiro atoms. The first-order valence-electron chi connectivity index (χ1n) is 11.3. The summed E-state index contributed by atoms with van der Waals surface area (Å²) in [6.45, 7) is 5.66. The minimum absolute atomic E-state index is 0.211. The Morgan fingerprint density at radius 3 is 2.37 bits per heavy atom. The number of likely N-dealkylation sites (tertiary alicyclic amines) is 1. The van der Waals surface area contributed by atoms with E-state index in [2.05, 4.69) is 20.4 Å². The molecule has 160 valence electrons. The lowest BCUT2D eigenvalue weighted by molar-refractivity contribution is 0.0545. The molecule has 3 fully saturated rings. The molecule has 1 aromatic carbocycles. The lowest BCUT2D eigenvalue weighted by atomic mass is 10.00. The van der Waals surface area contributed by atoms with Crippen molar-refractivity contribution in [2.75, 3.05) is 38.2 Å². The van der Waals surface area contributed by atoms with Gasteiger partial charge in [0.25, 0.3) is 0 Å². The van der Waals surface area contributed by atoms with Gasteiger partial charge in [-0.2, -0.15) is 5.10 Å². The third-order valence-electron chi connectivity index (χ3n) is 7.05. The first-order chi connectivity index (χ1) is 14.7. The molecule has 0 amide bonds. The highest BCUT2D eigenvalue weighted by molar-refractivity contribution is 5.35. The van der Waals surface area contributed by atoms with Gasteiger partial charge in [0.15, 0.2) is 0 Å². The molecule has 2 aromatic rings. The van der Waals surface area contributed by atoms with Gasteiger partial charge in [0.1, 0.15) is 11.6 Å². The summed E-state index contributed by atoms with van der Waals surface area (Å²) in [5, 5.41) is 12.4. The van der Waals surface area contributed by atoms with Crippen LogP contribution in [0.4, 0.5) is 10.2 Å².